The van der Waals surface area contributed by atoms with Crippen LogP contribution < -0.4 is 22.3 Å². The molecule has 0 aliphatic heterocycles. The summed E-state index contributed by atoms with van der Waals surface area (Å²) in [6.07, 6.45) is 1.55. The predicted octanol–water partition coefficient (Wildman–Crippen LogP) is 1.66. The third-order valence-electron chi connectivity index (χ3n) is 4.81. The molecule has 0 radical (unpaired) electrons. The Hall–Kier alpha value is -3.54. The van der Waals surface area contributed by atoms with Gasteiger partial charge < -0.3 is 26.3 Å². The summed E-state index contributed by atoms with van der Waals surface area (Å²) in [5, 5.41) is 2.64. The molecule has 1 aromatic carbocycles. The minimum Gasteiger partial charge on any atom is -0.466 e. The minimum atomic E-state index is -0.957. The number of carbonyl (C=O) groups is 3. The number of nitrogens with one attached hydrogen (secondary N) is 2. The summed E-state index contributed by atoms with van der Waals surface area (Å²) < 4.78 is 9.89. The van der Waals surface area contributed by atoms with Crippen molar-refractivity contribution in [3.05, 3.63) is 45.7 Å². The number of hydrogen-bond acceptors (Lipinski definition) is 10. The smallest absolute Gasteiger partial charge is 0.328 e. The molecule has 0 unspecified atom stereocenters. The Morgan fingerprint density at radius 2 is 1.80 bits per heavy atom. The van der Waals surface area contributed by atoms with Crippen LogP contribution >= 0.6 is 11.8 Å². The van der Waals surface area contributed by atoms with Gasteiger partial charge in [0.05, 0.1) is 13.2 Å². The number of nitrogen functional groups attached to an aromatic ring is 2. The fourth-order valence-electron chi connectivity index (χ4n) is 3.14. The van der Waals surface area contributed by atoms with E-state index in [4.69, 9.17) is 20.9 Å². The van der Waals surface area contributed by atoms with Crippen LogP contribution in [0.15, 0.2) is 34.0 Å². The molecule has 0 aliphatic carbocycles. The Kier molecular flexibility index (Phi) is 11.1. The SMILES string of the molecule is CCOC(=O)CC[C@H](NC(=O)c1ccc(CCCSc2c(N)nc(N)[nH]c2=O)cc1)C(=O)OCC. The lowest BCUT2D eigenvalue weighted by atomic mass is 10.1. The van der Waals surface area contributed by atoms with Gasteiger partial charge in [0, 0.05) is 12.0 Å². The summed E-state index contributed by atoms with van der Waals surface area (Å²) in [7, 11) is 0. The Morgan fingerprint density at radius 1 is 1.11 bits per heavy atom. The second-order valence-corrected chi connectivity index (χ2v) is 8.54. The maximum atomic E-state index is 12.7. The van der Waals surface area contributed by atoms with Crippen LogP contribution in [0.5, 0.6) is 0 Å². The van der Waals surface area contributed by atoms with E-state index in [1.807, 2.05) is 12.1 Å². The van der Waals surface area contributed by atoms with Crippen LogP contribution in [0.2, 0.25) is 0 Å². The molecule has 1 atom stereocenters. The molecule has 2 rings (SSSR count). The maximum Gasteiger partial charge on any atom is 0.328 e. The van der Waals surface area contributed by atoms with Crippen molar-refractivity contribution in [1.29, 1.82) is 0 Å². The number of nitrogens with zero attached hydrogens (tertiary/aromatic N) is 1. The van der Waals surface area contributed by atoms with Crippen molar-refractivity contribution in [2.24, 2.45) is 0 Å². The van der Waals surface area contributed by atoms with Crippen molar-refractivity contribution in [3.63, 3.8) is 0 Å². The molecule has 0 saturated carbocycles. The van der Waals surface area contributed by atoms with Crippen LogP contribution in [0.3, 0.4) is 0 Å². The normalized spacial score (nSPS) is 11.5. The number of aryl methyl sites for hydroxylation is 1. The molecule has 1 aromatic heterocycles. The van der Waals surface area contributed by atoms with Crippen LogP contribution in [0, 0.1) is 0 Å². The monoisotopic (exact) mass is 505 g/mol. The molecule has 0 fully saturated rings. The summed E-state index contributed by atoms with van der Waals surface area (Å²) in [6.45, 7) is 3.76. The Bertz CT molecular complexity index is 1070. The van der Waals surface area contributed by atoms with Gasteiger partial charge in [-0.3, -0.25) is 19.4 Å². The van der Waals surface area contributed by atoms with E-state index in [0.29, 0.717) is 16.2 Å². The molecule has 0 aliphatic rings. The molecule has 35 heavy (non-hydrogen) atoms. The Labute approximate surface area is 207 Å². The zero-order chi connectivity index (χ0) is 25.8. The molecular weight excluding hydrogens is 474 g/mol. The van der Waals surface area contributed by atoms with E-state index >= 15 is 0 Å². The summed E-state index contributed by atoms with van der Waals surface area (Å²) in [4.78, 5) is 55.0. The van der Waals surface area contributed by atoms with Crippen LogP contribution in [-0.2, 0) is 25.5 Å². The second kappa shape index (κ2) is 14.0. The fourth-order valence-corrected chi connectivity index (χ4v) is 4.01. The zero-order valence-corrected chi connectivity index (χ0v) is 20.6. The number of aromatic amines is 1. The van der Waals surface area contributed by atoms with E-state index in [0.717, 1.165) is 18.4 Å². The van der Waals surface area contributed by atoms with Crippen LogP contribution in [0.25, 0.3) is 0 Å². The van der Waals surface area contributed by atoms with Crippen molar-refractivity contribution in [3.8, 4) is 0 Å². The van der Waals surface area contributed by atoms with Gasteiger partial charge in [0.15, 0.2) is 0 Å². The van der Waals surface area contributed by atoms with Crippen molar-refractivity contribution >= 4 is 41.4 Å². The second-order valence-electron chi connectivity index (χ2n) is 7.44. The lowest BCUT2D eigenvalue weighted by molar-refractivity contribution is -0.146. The van der Waals surface area contributed by atoms with E-state index in [1.54, 1.807) is 26.0 Å². The number of hydrogen-bond donors (Lipinski definition) is 4. The highest BCUT2D eigenvalue weighted by Gasteiger charge is 2.24. The fraction of sp³-hybridized carbons (Fsp3) is 0.435. The molecule has 11 nitrogen and oxygen atoms in total. The molecule has 12 heteroatoms. The van der Waals surface area contributed by atoms with Gasteiger partial charge in [0.2, 0.25) is 5.95 Å². The molecule has 0 saturated heterocycles. The van der Waals surface area contributed by atoms with Gasteiger partial charge in [-0.25, -0.2) is 4.79 Å². The Morgan fingerprint density at radius 3 is 2.43 bits per heavy atom. The van der Waals surface area contributed by atoms with Gasteiger partial charge in [-0.05, 0) is 56.6 Å². The zero-order valence-electron chi connectivity index (χ0n) is 19.8. The summed E-state index contributed by atoms with van der Waals surface area (Å²) in [5.74, 6) is -0.764. The molecule has 1 heterocycles. The highest BCUT2D eigenvalue weighted by Crippen LogP contribution is 2.21. The largest absolute Gasteiger partial charge is 0.466 e. The highest BCUT2D eigenvalue weighted by atomic mass is 32.2. The van der Waals surface area contributed by atoms with Gasteiger partial charge in [-0.1, -0.05) is 12.1 Å². The van der Waals surface area contributed by atoms with Crippen molar-refractivity contribution in [1.82, 2.24) is 15.3 Å². The third kappa shape index (κ3) is 8.96. The molecular formula is C23H31N5O6S. The molecule has 1 amide bonds. The molecule has 2 aromatic rings. The first-order chi connectivity index (χ1) is 16.7. The minimum absolute atomic E-state index is 0.0154. The first-order valence-electron chi connectivity index (χ1n) is 11.2. The first-order valence-corrected chi connectivity index (χ1v) is 12.2. The van der Waals surface area contributed by atoms with E-state index in [9.17, 15) is 19.2 Å². The number of thioether (sulfide) groups is 1. The summed E-state index contributed by atoms with van der Waals surface area (Å²) in [5.41, 5.74) is 12.2. The van der Waals surface area contributed by atoms with Gasteiger partial charge >= 0.3 is 11.9 Å². The van der Waals surface area contributed by atoms with Crippen LogP contribution in [-0.4, -0.2) is 52.8 Å². The summed E-state index contributed by atoms with van der Waals surface area (Å²) in [6, 6.07) is 6.02. The number of ether oxygens (including phenoxy) is 2. The number of rotatable bonds is 13. The van der Waals surface area contributed by atoms with Crippen molar-refractivity contribution in [2.45, 2.75) is 50.5 Å². The average molecular weight is 506 g/mol. The van der Waals surface area contributed by atoms with E-state index < -0.39 is 23.9 Å². The molecule has 190 valence electrons. The highest BCUT2D eigenvalue weighted by molar-refractivity contribution is 7.99. The van der Waals surface area contributed by atoms with Crippen molar-refractivity contribution in [2.75, 3.05) is 30.4 Å². The van der Waals surface area contributed by atoms with E-state index in [1.165, 1.54) is 11.8 Å². The summed E-state index contributed by atoms with van der Waals surface area (Å²) >= 11 is 1.31. The first kappa shape index (κ1) is 27.7. The van der Waals surface area contributed by atoms with Gasteiger partial charge in [-0.15, -0.1) is 11.8 Å². The lowest BCUT2D eigenvalue weighted by Crippen LogP contribution is -2.42. The third-order valence-corrected chi connectivity index (χ3v) is 5.99. The number of amides is 1. The van der Waals surface area contributed by atoms with Gasteiger partial charge in [-0.2, -0.15) is 4.98 Å². The topological polar surface area (TPSA) is 179 Å². The quantitative estimate of drug-likeness (QED) is 0.178. The molecule has 0 bridgehead atoms. The number of anilines is 2. The predicted molar refractivity (Wildman–Crippen MR) is 133 cm³/mol. The van der Waals surface area contributed by atoms with E-state index in [2.05, 4.69) is 15.3 Å². The number of esters is 2. The number of benzene rings is 1. The molecule has 0 spiro atoms. The number of aromatic nitrogens is 2. The molecule has 6 N–H and O–H groups in total. The van der Waals surface area contributed by atoms with Crippen LogP contribution in [0.1, 0.15) is 49.0 Å². The maximum absolute atomic E-state index is 12.7. The number of H-pyrrole nitrogens is 1. The van der Waals surface area contributed by atoms with Gasteiger partial charge in [0.25, 0.3) is 11.5 Å². The number of carbonyl (C=O) groups excluding carboxylic acids is 3. The standard InChI is InChI=1S/C23H31N5O6S/c1-3-33-17(29)12-11-16(22(32)34-4-2)26-20(30)15-9-7-14(8-10-15)6-5-13-35-18-19(24)27-23(25)28-21(18)31/h7-10,16H,3-6,11-13H2,1-2H3,(H,26,30)(H5,24,25,27,28,31)/t16-/m0/s1. The van der Waals surface area contributed by atoms with Crippen molar-refractivity contribution < 1.29 is 23.9 Å². The number of nitrogens with two attached hydrogens (primary N) is 2. The average Bonchev–Trinajstić information content (AvgIpc) is 2.81. The Balaban J connectivity index is 1.89. The van der Waals surface area contributed by atoms with Gasteiger partial charge in [0.1, 0.15) is 16.8 Å². The van der Waals surface area contributed by atoms with Crippen LogP contribution in [0.4, 0.5) is 11.8 Å². The van der Waals surface area contributed by atoms with E-state index in [-0.39, 0.29) is 43.4 Å². The lowest BCUT2D eigenvalue weighted by Gasteiger charge is -2.17.